The predicted octanol–water partition coefficient (Wildman–Crippen LogP) is 3.93. The van der Waals surface area contributed by atoms with Crippen molar-refractivity contribution < 1.29 is 0 Å². The Balaban J connectivity index is 1.33. The van der Waals surface area contributed by atoms with Crippen LogP contribution in [0.25, 0.3) is 10.9 Å². The van der Waals surface area contributed by atoms with Crippen LogP contribution in [0.1, 0.15) is 37.7 Å². The van der Waals surface area contributed by atoms with Gasteiger partial charge in [0.05, 0.1) is 5.52 Å². The zero-order valence-corrected chi connectivity index (χ0v) is 15.1. The highest BCUT2D eigenvalue weighted by Gasteiger charge is 2.36. The van der Waals surface area contributed by atoms with Crippen molar-refractivity contribution in [3.8, 4) is 0 Å². The van der Waals surface area contributed by atoms with Gasteiger partial charge in [0.1, 0.15) is 0 Å². The minimum atomic E-state index is 0.785. The van der Waals surface area contributed by atoms with E-state index in [0.29, 0.717) is 0 Å². The summed E-state index contributed by atoms with van der Waals surface area (Å²) < 4.78 is 0. The maximum absolute atomic E-state index is 4.53. The first-order valence-corrected chi connectivity index (χ1v) is 10.1. The van der Waals surface area contributed by atoms with E-state index in [4.69, 9.17) is 0 Å². The van der Waals surface area contributed by atoms with Crippen molar-refractivity contribution >= 4 is 10.9 Å². The van der Waals surface area contributed by atoms with E-state index in [2.05, 4.69) is 45.1 Å². The summed E-state index contributed by atoms with van der Waals surface area (Å²) >= 11 is 0. The molecule has 4 heterocycles. The molecule has 2 atom stereocenters. The number of pyridine rings is 1. The molecular formula is C22H29N3. The molecule has 0 unspecified atom stereocenters. The molecule has 2 aromatic rings. The normalized spacial score (nSPS) is 28.2. The molecule has 1 aliphatic carbocycles. The molecule has 3 nitrogen and oxygen atoms in total. The van der Waals surface area contributed by atoms with Crippen molar-refractivity contribution in [2.24, 2.45) is 11.8 Å². The van der Waals surface area contributed by atoms with Gasteiger partial charge in [0.25, 0.3) is 0 Å². The molecule has 6 rings (SSSR count). The lowest BCUT2D eigenvalue weighted by Gasteiger charge is -2.40. The second-order valence-electron chi connectivity index (χ2n) is 8.53. The van der Waals surface area contributed by atoms with Crippen molar-refractivity contribution in [2.45, 2.75) is 44.7 Å². The first kappa shape index (κ1) is 15.8. The Morgan fingerprint density at radius 3 is 2.76 bits per heavy atom. The quantitative estimate of drug-likeness (QED) is 0.844. The van der Waals surface area contributed by atoms with Gasteiger partial charge in [-0.15, -0.1) is 0 Å². The second kappa shape index (κ2) is 6.69. The Labute approximate surface area is 151 Å². The molecule has 4 aliphatic rings. The van der Waals surface area contributed by atoms with Gasteiger partial charge >= 0.3 is 0 Å². The van der Waals surface area contributed by atoms with Crippen LogP contribution in [0.5, 0.6) is 0 Å². The van der Waals surface area contributed by atoms with Crippen LogP contribution in [0.4, 0.5) is 0 Å². The van der Waals surface area contributed by atoms with Crippen LogP contribution in [0, 0.1) is 11.8 Å². The van der Waals surface area contributed by atoms with Crippen molar-refractivity contribution in [1.29, 1.82) is 0 Å². The van der Waals surface area contributed by atoms with Crippen LogP contribution in [-0.4, -0.2) is 47.0 Å². The number of nitrogens with zero attached hydrogens (tertiary/aromatic N) is 3. The van der Waals surface area contributed by atoms with E-state index in [0.717, 1.165) is 29.9 Å². The minimum Gasteiger partial charge on any atom is -0.299 e. The van der Waals surface area contributed by atoms with E-state index < -0.39 is 0 Å². The van der Waals surface area contributed by atoms with E-state index in [1.807, 2.05) is 6.20 Å². The van der Waals surface area contributed by atoms with E-state index in [9.17, 15) is 0 Å². The zero-order chi connectivity index (χ0) is 16.6. The molecule has 1 aromatic carbocycles. The van der Waals surface area contributed by atoms with Crippen LogP contribution < -0.4 is 0 Å². The molecule has 1 saturated carbocycles. The third-order valence-electron chi connectivity index (χ3n) is 6.75. The molecule has 2 bridgehead atoms. The van der Waals surface area contributed by atoms with Crippen molar-refractivity contribution in [3.05, 3.63) is 42.1 Å². The highest BCUT2D eigenvalue weighted by atomic mass is 15.3. The topological polar surface area (TPSA) is 19.4 Å². The SMILES string of the molecule is c1ccc2c(CN3C[C@H]4CC[C@@H](C3)N(CC3CCC3)C4)ccnc2c1. The highest BCUT2D eigenvalue weighted by Crippen LogP contribution is 2.33. The second-order valence-corrected chi connectivity index (χ2v) is 8.53. The number of fused-ring (bicyclic) bond motifs is 5. The Kier molecular flexibility index (Phi) is 4.23. The first-order chi connectivity index (χ1) is 12.3. The largest absolute Gasteiger partial charge is 0.299 e. The Bertz CT molecular complexity index is 734. The van der Waals surface area contributed by atoms with Gasteiger partial charge < -0.3 is 0 Å². The molecule has 1 aromatic heterocycles. The number of hydrogen-bond donors (Lipinski definition) is 0. The summed E-state index contributed by atoms with van der Waals surface area (Å²) in [5.74, 6) is 1.86. The fourth-order valence-electron chi connectivity index (χ4n) is 5.17. The summed E-state index contributed by atoms with van der Waals surface area (Å²) in [6.07, 6.45) is 9.23. The Morgan fingerprint density at radius 1 is 0.960 bits per heavy atom. The molecule has 132 valence electrons. The lowest BCUT2D eigenvalue weighted by Crippen LogP contribution is -2.46. The summed E-state index contributed by atoms with van der Waals surface area (Å²) in [6, 6.07) is 11.6. The summed E-state index contributed by atoms with van der Waals surface area (Å²) in [5.41, 5.74) is 2.57. The van der Waals surface area contributed by atoms with Crippen LogP contribution in [0.3, 0.4) is 0 Å². The molecule has 0 N–H and O–H groups in total. The summed E-state index contributed by atoms with van der Waals surface area (Å²) in [7, 11) is 0. The van der Waals surface area contributed by atoms with Gasteiger partial charge in [-0.05, 0) is 55.2 Å². The maximum Gasteiger partial charge on any atom is 0.0705 e. The van der Waals surface area contributed by atoms with Gasteiger partial charge in [-0.3, -0.25) is 14.8 Å². The average molecular weight is 335 g/mol. The minimum absolute atomic E-state index is 0.785. The lowest BCUT2D eigenvalue weighted by atomic mass is 9.83. The smallest absolute Gasteiger partial charge is 0.0705 e. The molecule has 3 saturated heterocycles. The molecule has 0 radical (unpaired) electrons. The van der Waals surface area contributed by atoms with Crippen LogP contribution in [-0.2, 0) is 6.54 Å². The monoisotopic (exact) mass is 335 g/mol. The van der Waals surface area contributed by atoms with Crippen molar-refractivity contribution in [2.75, 3.05) is 26.2 Å². The van der Waals surface area contributed by atoms with Gasteiger partial charge in [0.2, 0.25) is 0 Å². The first-order valence-electron chi connectivity index (χ1n) is 10.1. The molecule has 0 amide bonds. The molecule has 0 spiro atoms. The zero-order valence-electron chi connectivity index (χ0n) is 15.1. The van der Waals surface area contributed by atoms with Crippen molar-refractivity contribution in [3.63, 3.8) is 0 Å². The fraction of sp³-hybridized carbons (Fsp3) is 0.591. The molecule has 4 fully saturated rings. The third kappa shape index (κ3) is 3.20. The number of para-hydroxylation sites is 1. The predicted molar refractivity (Wildman–Crippen MR) is 102 cm³/mol. The van der Waals surface area contributed by atoms with E-state index in [1.54, 1.807) is 0 Å². The number of hydrogen-bond acceptors (Lipinski definition) is 3. The van der Waals surface area contributed by atoms with E-state index >= 15 is 0 Å². The van der Waals surface area contributed by atoms with E-state index in [-0.39, 0.29) is 0 Å². The summed E-state index contributed by atoms with van der Waals surface area (Å²) in [4.78, 5) is 10.1. The lowest BCUT2D eigenvalue weighted by molar-refractivity contribution is 0.0891. The van der Waals surface area contributed by atoms with Crippen LogP contribution in [0.2, 0.25) is 0 Å². The van der Waals surface area contributed by atoms with Gasteiger partial charge in [-0.1, -0.05) is 24.6 Å². The van der Waals surface area contributed by atoms with Gasteiger partial charge in [0.15, 0.2) is 0 Å². The van der Waals surface area contributed by atoms with Gasteiger partial charge in [-0.2, -0.15) is 0 Å². The Hall–Kier alpha value is -1.45. The highest BCUT2D eigenvalue weighted by molar-refractivity contribution is 5.81. The fourth-order valence-corrected chi connectivity index (χ4v) is 5.17. The summed E-state index contributed by atoms with van der Waals surface area (Å²) in [5, 5.41) is 1.33. The summed E-state index contributed by atoms with van der Waals surface area (Å²) in [6.45, 7) is 6.31. The average Bonchev–Trinajstić information content (AvgIpc) is 2.89. The number of rotatable bonds is 4. The molecule has 3 heteroatoms. The Morgan fingerprint density at radius 2 is 1.88 bits per heavy atom. The molecule has 3 aliphatic heterocycles. The van der Waals surface area contributed by atoms with E-state index in [1.165, 1.54) is 69.2 Å². The number of piperidine rings is 1. The maximum atomic E-state index is 4.53. The van der Waals surface area contributed by atoms with Gasteiger partial charge in [-0.25, -0.2) is 0 Å². The van der Waals surface area contributed by atoms with Crippen LogP contribution >= 0.6 is 0 Å². The standard InChI is InChI=1S/C22H29N3/c1-2-7-22-21(6-1)19(10-11-23-22)15-24-12-18-8-9-20(16-24)25(14-18)13-17-4-3-5-17/h1-2,6-7,10-11,17-18,20H,3-5,8-9,12-16H2/t18-,20+/m1/s1. The number of aromatic nitrogens is 1. The molecule has 25 heavy (non-hydrogen) atoms. The van der Waals surface area contributed by atoms with Crippen molar-refractivity contribution in [1.82, 2.24) is 14.8 Å². The molecular weight excluding hydrogens is 306 g/mol. The number of benzene rings is 1. The van der Waals surface area contributed by atoms with Crippen LogP contribution in [0.15, 0.2) is 36.5 Å². The third-order valence-corrected chi connectivity index (χ3v) is 6.75. The van der Waals surface area contributed by atoms with Gasteiger partial charge in [0, 0.05) is 50.3 Å².